The third-order valence-electron chi connectivity index (χ3n) is 12.6. The van der Waals surface area contributed by atoms with Crippen molar-refractivity contribution in [1.82, 2.24) is 0 Å². The predicted octanol–water partition coefficient (Wildman–Crippen LogP) is 8.93. The molecule has 1 N–H and O–H groups in total. The van der Waals surface area contributed by atoms with E-state index in [0.29, 0.717) is 0 Å². The van der Waals surface area contributed by atoms with Crippen molar-refractivity contribution in [2.75, 3.05) is 13.2 Å². The monoisotopic (exact) mass is 880 g/mol. The third kappa shape index (κ3) is 9.15. The van der Waals surface area contributed by atoms with Gasteiger partial charge in [-0.1, -0.05) is 210 Å². The van der Waals surface area contributed by atoms with Crippen molar-refractivity contribution in [2.24, 2.45) is 0 Å². The summed E-state index contributed by atoms with van der Waals surface area (Å²) in [6, 6.07) is 55.9. The first kappa shape index (κ1) is 46.0. The molecule has 0 saturated carbocycles. The second kappa shape index (κ2) is 19.0. The van der Waals surface area contributed by atoms with Crippen LogP contribution in [0.25, 0.3) is 0 Å². The predicted molar refractivity (Wildman–Crippen MR) is 265 cm³/mol. The summed E-state index contributed by atoms with van der Waals surface area (Å²) in [5.41, 5.74) is 4.72. The molecular formula is C54H65O5PSi2. The molecule has 1 heterocycles. The molecule has 0 unspecified atom stereocenters. The maximum Gasteiger partial charge on any atom is 0.261 e. The Hall–Kier alpha value is -4.02. The van der Waals surface area contributed by atoms with E-state index in [4.69, 9.17) is 18.1 Å². The number of hydrogen-bond donors (Lipinski definition) is 1. The Kier molecular flexibility index (Phi) is 14.1. The van der Waals surface area contributed by atoms with Crippen molar-refractivity contribution in [3.8, 4) is 0 Å². The average molecular weight is 881 g/mol. The van der Waals surface area contributed by atoms with E-state index in [1.54, 1.807) is 0 Å². The van der Waals surface area contributed by atoms with Crippen LogP contribution in [0.4, 0.5) is 0 Å². The molecule has 0 radical (unpaired) electrons. The van der Waals surface area contributed by atoms with Gasteiger partial charge in [-0.05, 0) is 69.6 Å². The standard InChI is InChI=1S/C54H65O5PSi2/c1-39-31-33-49(41(3)35-39)60(50-34-32-40(2)36-42(50)4)59-52-48(38-57-62(54(8,9)10,45-27-19-13-20-28-45)46-29-21-14-22-30-46)58-47(51(52)55)37-56-61(53(5,6)7,43-23-15-11-16-24-43)44-25-17-12-18-26-44/h11-36,47-48,51-52,55H,37-38H2,1-10H3/t47-,48-,51-,52-/m1/s1. The number of benzene rings is 6. The lowest BCUT2D eigenvalue weighted by molar-refractivity contribution is -0.0324. The van der Waals surface area contributed by atoms with Gasteiger partial charge in [-0.15, -0.1) is 0 Å². The molecular weight excluding hydrogens is 816 g/mol. The van der Waals surface area contributed by atoms with Crippen molar-refractivity contribution < 1.29 is 23.2 Å². The van der Waals surface area contributed by atoms with Gasteiger partial charge < -0.3 is 23.2 Å². The fraction of sp³-hybridized carbons (Fsp3) is 0.333. The number of rotatable bonds is 14. The minimum Gasteiger partial charge on any atom is -0.405 e. The maximum absolute atomic E-state index is 12.8. The smallest absolute Gasteiger partial charge is 0.261 e. The number of aryl methyl sites for hydroxylation is 4. The van der Waals surface area contributed by atoms with Crippen molar-refractivity contribution in [3.63, 3.8) is 0 Å². The lowest BCUT2D eigenvalue weighted by Crippen LogP contribution is -2.67. The summed E-state index contributed by atoms with van der Waals surface area (Å²) < 4.78 is 29.7. The number of aliphatic hydroxyl groups excluding tert-OH is 1. The number of ether oxygens (including phenoxy) is 1. The van der Waals surface area contributed by atoms with E-state index in [1.165, 1.54) is 31.9 Å². The molecule has 0 aromatic heterocycles. The van der Waals surface area contributed by atoms with Crippen LogP contribution >= 0.6 is 8.15 Å². The van der Waals surface area contributed by atoms with Crippen LogP contribution in [0, 0.1) is 27.7 Å². The van der Waals surface area contributed by atoms with E-state index in [1.807, 2.05) is 0 Å². The van der Waals surface area contributed by atoms with Gasteiger partial charge in [0, 0.05) is 10.6 Å². The Labute approximate surface area is 374 Å². The topological polar surface area (TPSA) is 57.2 Å². The maximum atomic E-state index is 12.8. The average Bonchev–Trinajstić information content (AvgIpc) is 3.54. The third-order valence-corrected chi connectivity index (χ3v) is 24.9. The first-order valence-electron chi connectivity index (χ1n) is 22.0. The SMILES string of the molecule is Cc1ccc(P(O[C@H]2[C@H](O)[C@@H](CO[Si](c3ccccc3)(c3ccccc3)C(C)(C)C)O[C@@H]2CO[Si](c2ccccc2)(c2ccccc2)C(C)(C)C)c2ccc(C)cc2C)c(C)c1. The van der Waals surface area contributed by atoms with Gasteiger partial charge in [0.15, 0.2) is 0 Å². The summed E-state index contributed by atoms with van der Waals surface area (Å²) in [5, 5.41) is 19.3. The summed E-state index contributed by atoms with van der Waals surface area (Å²) >= 11 is 0. The first-order valence-corrected chi connectivity index (χ1v) is 27.1. The van der Waals surface area contributed by atoms with Gasteiger partial charge in [-0.3, -0.25) is 0 Å². The normalized spacial score (nSPS) is 18.6. The van der Waals surface area contributed by atoms with E-state index in [0.717, 1.165) is 21.7 Å². The van der Waals surface area contributed by atoms with Crippen LogP contribution < -0.4 is 31.4 Å². The largest absolute Gasteiger partial charge is 0.405 e. The van der Waals surface area contributed by atoms with Crippen molar-refractivity contribution >= 4 is 56.1 Å². The second-order valence-electron chi connectivity index (χ2n) is 19.1. The molecule has 324 valence electrons. The van der Waals surface area contributed by atoms with Crippen LogP contribution in [0.2, 0.25) is 10.1 Å². The lowest BCUT2D eigenvalue weighted by Gasteiger charge is -2.44. The van der Waals surface area contributed by atoms with Crippen LogP contribution in [-0.4, -0.2) is 59.4 Å². The van der Waals surface area contributed by atoms with E-state index in [-0.39, 0.29) is 23.3 Å². The van der Waals surface area contributed by atoms with Gasteiger partial charge >= 0.3 is 0 Å². The van der Waals surface area contributed by atoms with Crippen molar-refractivity contribution in [2.45, 2.75) is 104 Å². The number of hydrogen-bond acceptors (Lipinski definition) is 5. The van der Waals surface area contributed by atoms with Gasteiger partial charge in [-0.2, -0.15) is 0 Å². The van der Waals surface area contributed by atoms with Gasteiger partial charge in [-0.25, -0.2) is 0 Å². The van der Waals surface area contributed by atoms with Gasteiger partial charge in [0.2, 0.25) is 0 Å². The Morgan fingerprint density at radius 3 is 1.16 bits per heavy atom. The number of aliphatic hydroxyl groups is 1. The van der Waals surface area contributed by atoms with Gasteiger partial charge in [0.25, 0.3) is 16.6 Å². The van der Waals surface area contributed by atoms with Crippen molar-refractivity contribution in [1.29, 1.82) is 0 Å². The molecule has 8 heteroatoms. The van der Waals surface area contributed by atoms with Crippen LogP contribution in [0.1, 0.15) is 63.8 Å². The van der Waals surface area contributed by atoms with Crippen LogP contribution in [0.3, 0.4) is 0 Å². The van der Waals surface area contributed by atoms with E-state index in [9.17, 15) is 5.11 Å². The molecule has 1 saturated heterocycles. The molecule has 0 aliphatic carbocycles. The minimum atomic E-state index is -2.99. The highest BCUT2D eigenvalue weighted by Gasteiger charge is 2.55. The van der Waals surface area contributed by atoms with Crippen LogP contribution in [0.5, 0.6) is 0 Å². The Morgan fingerprint density at radius 2 is 0.839 bits per heavy atom. The fourth-order valence-electron chi connectivity index (χ4n) is 9.59. The van der Waals surface area contributed by atoms with Crippen LogP contribution in [-0.2, 0) is 18.1 Å². The van der Waals surface area contributed by atoms with E-state index < -0.39 is 49.2 Å². The Bertz CT molecular complexity index is 2250. The lowest BCUT2D eigenvalue weighted by atomic mass is 10.1. The molecule has 0 amide bonds. The fourth-order valence-corrected chi connectivity index (χ4v) is 20.9. The zero-order valence-corrected chi connectivity index (χ0v) is 41.2. The first-order chi connectivity index (χ1) is 29.6. The van der Waals surface area contributed by atoms with Gasteiger partial charge in [0.1, 0.15) is 24.4 Å². The molecule has 7 rings (SSSR count). The van der Waals surface area contributed by atoms with Gasteiger partial charge in [0.05, 0.1) is 21.4 Å². The molecule has 1 aliphatic heterocycles. The van der Waals surface area contributed by atoms with Crippen molar-refractivity contribution in [3.05, 3.63) is 180 Å². The molecule has 4 atom stereocenters. The van der Waals surface area contributed by atoms with Crippen LogP contribution in [0.15, 0.2) is 158 Å². The molecule has 6 aromatic rings. The minimum absolute atomic E-state index is 0.190. The molecule has 1 aliphatic rings. The zero-order chi connectivity index (χ0) is 44.3. The molecule has 0 spiro atoms. The highest BCUT2D eigenvalue weighted by Crippen LogP contribution is 2.45. The molecule has 1 fully saturated rings. The Morgan fingerprint density at radius 1 is 0.500 bits per heavy atom. The summed E-state index contributed by atoms with van der Waals surface area (Å²) in [4.78, 5) is 0. The zero-order valence-electron chi connectivity index (χ0n) is 38.3. The molecule has 62 heavy (non-hydrogen) atoms. The second-order valence-corrected chi connectivity index (χ2v) is 29.5. The summed E-state index contributed by atoms with van der Waals surface area (Å²) in [5.74, 6) is 0. The summed E-state index contributed by atoms with van der Waals surface area (Å²) in [7, 11) is -7.34. The quantitative estimate of drug-likeness (QED) is 0.0876. The molecule has 6 aromatic carbocycles. The summed E-state index contributed by atoms with van der Waals surface area (Å²) in [6.07, 6.45) is -2.98. The van der Waals surface area contributed by atoms with E-state index >= 15 is 0 Å². The summed E-state index contributed by atoms with van der Waals surface area (Å²) in [6.45, 7) is 22.7. The molecule has 0 bridgehead atoms. The van der Waals surface area contributed by atoms with E-state index in [2.05, 4.69) is 227 Å². The highest BCUT2D eigenvalue weighted by atomic mass is 31.1. The highest BCUT2D eigenvalue weighted by molar-refractivity contribution is 7.68. The molecule has 5 nitrogen and oxygen atoms in total. The Balaban J connectivity index is 1.33.